The van der Waals surface area contributed by atoms with Gasteiger partial charge in [0.15, 0.2) is 5.96 Å². The van der Waals surface area contributed by atoms with Crippen LogP contribution in [0.3, 0.4) is 0 Å². The van der Waals surface area contributed by atoms with Gasteiger partial charge in [-0.05, 0) is 17.9 Å². The summed E-state index contributed by atoms with van der Waals surface area (Å²) in [6.45, 7) is 9.98. The summed E-state index contributed by atoms with van der Waals surface area (Å²) in [5, 5.41) is 11.1. The molecule has 8 heteroatoms. The van der Waals surface area contributed by atoms with Gasteiger partial charge in [-0.2, -0.15) is 5.10 Å². The Morgan fingerprint density at radius 2 is 2.04 bits per heavy atom. The molecule has 25 heavy (non-hydrogen) atoms. The van der Waals surface area contributed by atoms with E-state index in [1.807, 2.05) is 31.2 Å². The molecule has 0 saturated carbocycles. The number of guanidine groups is 1. The molecule has 7 nitrogen and oxygen atoms in total. The smallest absolute Gasteiger partial charge is 0.191 e. The van der Waals surface area contributed by atoms with Crippen LogP contribution in [0.15, 0.2) is 17.4 Å². The van der Waals surface area contributed by atoms with Crippen LogP contribution in [-0.4, -0.2) is 73.1 Å². The van der Waals surface area contributed by atoms with Crippen LogP contribution in [-0.2, 0) is 18.2 Å². The third-order valence-electron chi connectivity index (χ3n) is 4.45. The highest BCUT2D eigenvalue weighted by Gasteiger charge is 2.23. The molecule has 0 spiro atoms. The second kappa shape index (κ2) is 11.7. The second-order valence-corrected chi connectivity index (χ2v) is 6.61. The Hall–Kier alpha value is -0.870. The van der Waals surface area contributed by atoms with E-state index < -0.39 is 0 Å². The topological polar surface area (TPSA) is 66.7 Å². The highest BCUT2D eigenvalue weighted by atomic mass is 127. The number of hydrogen-bond acceptors (Lipinski definition) is 4. The normalized spacial score (nSPS) is 17.2. The van der Waals surface area contributed by atoms with Gasteiger partial charge in [-0.25, -0.2) is 0 Å². The third-order valence-corrected chi connectivity index (χ3v) is 4.45. The minimum Gasteiger partial charge on any atom is -0.379 e. The van der Waals surface area contributed by atoms with Crippen molar-refractivity contribution in [1.82, 2.24) is 25.3 Å². The maximum Gasteiger partial charge on any atom is 0.191 e. The molecule has 2 N–H and O–H groups in total. The van der Waals surface area contributed by atoms with E-state index in [9.17, 15) is 0 Å². The highest BCUT2D eigenvalue weighted by Crippen LogP contribution is 2.12. The first-order valence-corrected chi connectivity index (χ1v) is 8.84. The Labute approximate surface area is 168 Å². The fraction of sp³-hybridized carbons (Fsp3) is 0.765. The van der Waals surface area contributed by atoms with Gasteiger partial charge in [0.1, 0.15) is 0 Å². The fourth-order valence-corrected chi connectivity index (χ4v) is 3.04. The van der Waals surface area contributed by atoms with Crippen LogP contribution in [0.1, 0.15) is 19.4 Å². The summed E-state index contributed by atoms with van der Waals surface area (Å²) in [7, 11) is 3.76. The van der Waals surface area contributed by atoms with Crippen molar-refractivity contribution in [3.05, 3.63) is 18.0 Å². The Morgan fingerprint density at radius 3 is 2.60 bits per heavy atom. The Balaban J connectivity index is 0.00000312. The van der Waals surface area contributed by atoms with Crippen LogP contribution >= 0.6 is 24.0 Å². The Bertz CT molecular complexity index is 513. The number of aryl methyl sites for hydroxylation is 1. The van der Waals surface area contributed by atoms with E-state index >= 15 is 0 Å². The molecular formula is C17H33IN6O. The molecule has 1 saturated heterocycles. The van der Waals surface area contributed by atoms with Crippen molar-refractivity contribution >= 4 is 29.9 Å². The van der Waals surface area contributed by atoms with Crippen molar-refractivity contribution in [2.75, 3.05) is 46.4 Å². The zero-order valence-electron chi connectivity index (χ0n) is 15.9. The van der Waals surface area contributed by atoms with Crippen molar-refractivity contribution in [3.63, 3.8) is 0 Å². The van der Waals surface area contributed by atoms with Crippen LogP contribution in [0, 0.1) is 5.92 Å². The molecule has 1 aliphatic rings. The molecule has 1 unspecified atom stereocenters. The molecule has 0 amide bonds. The van der Waals surface area contributed by atoms with E-state index in [2.05, 4.69) is 39.5 Å². The minimum atomic E-state index is 0. The van der Waals surface area contributed by atoms with Crippen molar-refractivity contribution in [2.24, 2.45) is 18.0 Å². The summed E-state index contributed by atoms with van der Waals surface area (Å²) in [5.41, 5.74) is 1.23. The molecule has 1 fully saturated rings. The minimum absolute atomic E-state index is 0. The first-order chi connectivity index (χ1) is 11.6. The molecule has 1 atom stereocenters. The maximum absolute atomic E-state index is 5.47. The van der Waals surface area contributed by atoms with Crippen LogP contribution in [0.2, 0.25) is 0 Å². The first kappa shape index (κ1) is 22.2. The van der Waals surface area contributed by atoms with E-state index in [1.165, 1.54) is 5.56 Å². The van der Waals surface area contributed by atoms with Gasteiger partial charge in [0.25, 0.3) is 0 Å². The lowest BCUT2D eigenvalue weighted by Crippen LogP contribution is -2.52. The number of rotatable bonds is 7. The van der Waals surface area contributed by atoms with Gasteiger partial charge in [-0.15, -0.1) is 24.0 Å². The number of hydrogen-bond donors (Lipinski definition) is 2. The van der Waals surface area contributed by atoms with E-state index in [-0.39, 0.29) is 24.0 Å². The summed E-state index contributed by atoms with van der Waals surface area (Å²) >= 11 is 0. The monoisotopic (exact) mass is 464 g/mol. The quantitative estimate of drug-likeness (QED) is 0.360. The molecule has 144 valence electrons. The van der Waals surface area contributed by atoms with E-state index in [1.54, 1.807) is 0 Å². The number of aliphatic imine (C=N–C) groups is 1. The summed E-state index contributed by atoms with van der Waals surface area (Å²) in [6.07, 6.45) is 4.89. The van der Waals surface area contributed by atoms with Gasteiger partial charge in [0.05, 0.1) is 19.4 Å². The van der Waals surface area contributed by atoms with Crippen LogP contribution in [0.4, 0.5) is 0 Å². The van der Waals surface area contributed by atoms with Gasteiger partial charge in [0, 0.05) is 52.5 Å². The van der Waals surface area contributed by atoms with Crippen LogP contribution in [0.25, 0.3) is 0 Å². The SMILES string of the molecule is CN=C(NCCc1cnn(C)c1)NCC(C(C)C)N1CCOCC1.I. The van der Waals surface area contributed by atoms with Crippen molar-refractivity contribution in [3.8, 4) is 0 Å². The summed E-state index contributed by atoms with van der Waals surface area (Å²) in [5.74, 6) is 1.45. The lowest BCUT2D eigenvalue weighted by molar-refractivity contribution is 0.00752. The predicted molar refractivity (Wildman–Crippen MR) is 113 cm³/mol. The van der Waals surface area contributed by atoms with E-state index in [0.717, 1.165) is 51.8 Å². The molecular weight excluding hydrogens is 431 g/mol. The molecule has 0 bridgehead atoms. The zero-order chi connectivity index (χ0) is 17.4. The summed E-state index contributed by atoms with van der Waals surface area (Å²) in [6, 6.07) is 0.491. The highest BCUT2D eigenvalue weighted by molar-refractivity contribution is 14.0. The van der Waals surface area contributed by atoms with Gasteiger partial charge < -0.3 is 15.4 Å². The average Bonchev–Trinajstić information content (AvgIpc) is 2.99. The van der Waals surface area contributed by atoms with Gasteiger partial charge in [0.2, 0.25) is 0 Å². The number of halogens is 1. The van der Waals surface area contributed by atoms with Crippen molar-refractivity contribution in [1.29, 1.82) is 0 Å². The fourth-order valence-electron chi connectivity index (χ4n) is 3.04. The second-order valence-electron chi connectivity index (χ2n) is 6.61. The third kappa shape index (κ3) is 7.49. The summed E-state index contributed by atoms with van der Waals surface area (Å²) < 4.78 is 7.30. The number of aromatic nitrogens is 2. The standard InChI is InChI=1S/C17H32N6O.HI/c1-14(2)16(23-7-9-24-10-8-23)12-20-17(18-3)19-6-5-15-11-21-22(4)13-15;/h11,13-14,16H,5-10,12H2,1-4H3,(H2,18,19,20);1H. The molecule has 0 aromatic carbocycles. The van der Waals surface area contributed by atoms with Crippen molar-refractivity contribution < 1.29 is 4.74 Å². The molecule has 2 heterocycles. The van der Waals surface area contributed by atoms with E-state index in [0.29, 0.717) is 12.0 Å². The Morgan fingerprint density at radius 1 is 1.32 bits per heavy atom. The first-order valence-electron chi connectivity index (χ1n) is 8.84. The zero-order valence-corrected chi connectivity index (χ0v) is 18.2. The van der Waals surface area contributed by atoms with Gasteiger partial charge in [-0.3, -0.25) is 14.6 Å². The number of nitrogens with zero attached hydrogens (tertiary/aromatic N) is 4. The number of ether oxygens (including phenoxy) is 1. The maximum atomic E-state index is 5.47. The number of nitrogens with one attached hydrogen (secondary N) is 2. The lowest BCUT2D eigenvalue weighted by atomic mass is 10.0. The average molecular weight is 464 g/mol. The van der Waals surface area contributed by atoms with Crippen LogP contribution in [0.5, 0.6) is 0 Å². The molecule has 0 radical (unpaired) electrons. The lowest BCUT2D eigenvalue weighted by Gasteiger charge is -2.37. The Kier molecular flexibility index (Phi) is 10.4. The van der Waals surface area contributed by atoms with E-state index in [4.69, 9.17) is 4.74 Å². The van der Waals surface area contributed by atoms with Crippen LogP contribution < -0.4 is 10.6 Å². The van der Waals surface area contributed by atoms with Crippen molar-refractivity contribution in [2.45, 2.75) is 26.3 Å². The molecule has 2 rings (SSSR count). The molecule has 0 aliphatic carbocycles. The molecule has 1 aromatic heterocycles. The summed E-state index contributed by atoms with van der Waals surface area (Å²) in [4.78, 5) is 6.85. The van der Waals surface area contributed by atoms with Gasteiger partial charge >= 0.3 is 0 Å². The molecule has 1 aliphatic heterocycles. The largest absolute Gasteiger partial charge is 0.379 e. The predicted octanol–water partition coefficient (Wildman–Crippen LogP) is 1.10. The molecule has 1 aromatic rings. The van der Waals surface area contributed by atoms with Gasteiger partial charge in [-0.1, -0.05) is 13.8 Å². The number of morpholine rings is 1.